The summed E-state index contributed by atoms with van der Waals surface area (Å²) >= 11 is 0. The monoisotopic (exact) mass is 322 g/mol. The zero-order chi connectivity index (χ0) is 16.9. The third-order valence-corrected chi connectivity index (χ3v) is 5.03. The lowest BCUT2D eigenvalue weighted by Gasteiger charge is -2.50. The number of carbonyl (C=O) groups excluding carboxylic acids is 1. The van der Waals surface area contributed by atoms with Crippen molar-refractivity contribution >= 4 is 11.7 Å². The Morgan fingerprint density at radius 1 is 1.25 bits per heavy atom. The van der Waals surface area contributed by atoms with Crippen LogP contribution in [-0.4, -0.2) is 11.8 Å². The molecule has 1 saturated heterocycles. The first-order valence-electron chi connectivity index (χ1n) is 8.49. The fourth-order valence-electron chi connectivity index (χ4n) is 3.77. The molecule has 124 valence electrons. The molecule has 2 amide bonds. The summed E-state index contributed by atoms with van der Waals surface area (Å²) in [7, 11) is 0. The highest BCUT2D eigenvalue weighted by Gasteiger charge is 2.49. The number of nitrogens with zero attached hydrogens (tertiary/aromatic N) is 1. The highest BCUT2D eigenvalue weighted by Crippen LogP contribution is 2.45. The van der Waals surface area contributed by atoms with Crippen molar-refractivity contribution in [2.75, 3.05) is 4.90 Å². The van der Waals surface area contributed by atoms with E-state index in [-0.39, 0.29) is 12.1 Å². The van der Waals surface area contributed by atoms with Crippen molar-refractivity contribution in [2.45, 2.75) is 45.4 Å². The molecule has 2 aromatic carbocycles. The Morgan fingerprint density at radius 2 is 2.00 bits per heavy atom. The van der Waals surface area contributed by atoms with Crippen LogP contribution in [0.25, 0.3) is 0 Å². The number of carbonyl (C=O) groups is 1. The number of urea groups is 1. The van der Waals surface area contributed by atoms with E-state index in [0.29, 0.717) is 0 Å². The van der Waals surface area contributed by atoms with Crippen molar-refractivity contribution in [3.63, 3.8) is 0 Å². The predicted octanol–water partition coefficient (Wildman–Crippen LogP) is 4.33. The van der Waals surface area contributed by atoms with E-state index in [4.69, 9.17) is 4.74 Å². The second-order valence-electron chi connectivity index (χ2n) is 6.88. The average molecular weight is 322 g/mol. The van der Waals surface area contributed by atoms with E-state index in [1.165, 1.54) is 11.1 Å². The van der Waals surface area contributed by atoms with E-state index in [1.54, 1.807) is 4.90 Å². The zero-order valence-corrected chi connectivity index (χ0v) is 14.3. The number of ether oxygens (including phenoxy) is 1. The lowest BCUT2D eigenvalue weighted by Crippen LogP contribution is -2.65. The van der Waals surface area contributed by atoms with Gasteiger partial charge < -0.3 is 10.1 Å². The van der Waals surface area contributed by atoms with Crippen molar-refractivity contribution in [1.29, 1.82) is 0 Å². The Balaban J connectivity index is 1.76. The number of hydrogen-bond donors (Lipinski definition) is 1. The van der Waals surface area contributed by atoms with Gasteiger partial charge in [-0.15, -0.1) is 0 Å². The van der Waals surface area contributed by atoms with Crippen LogP contribution in [-0.2, 0) is 6.42 Å². The minimum Gasteiger partial charge on any atom is -0.467 e. The van der Waals surface area contributed by atoms with Gasteiger partial charge in [0, 0.05) is 17.7 Å². The first kappa shape index (κ1) is 15.1. The van der Waals surface area contributed by atoms with Crippen LogP contribution in [0.2, 0.25) is 0 Å². The maximum Gasteiger partial charge on any atom is 0.325 e. The van der Waals surface area contributed by atoms with Crippen molar-refractivity contribution in [2.24, 2.45) is 0 Å². The molecule has 0 aromatic heterocycles. The number of hydrogen-bond acceptors (Lipinski definition) is 2. The molecule has 2 aliphatic rings. The number of amides is 2. The Bertz CT molecular complexity index is 800. The standard InChI is InChI=1S/C20H22N2O2/c1-4-14-6-8-15(9-7-14)22-19(23)21-17-12-20(22,3)24-18-10-5-13(2)11-16(17)18/h5-11,17H,4,12H2,1-3H3,(H,21,23)/t17-,20+/m1/s1. The fraction of sp³-hybridized carbons (Fsp3) is 0.350. The van der Waals surface area contributed by atoms with Crippen LogP contribution in [0.1, 0.15) is 43.0 Å². The Kier molecular flexibility index (Phi) is 3.30. The van der Waals surface area contributed by atoms with E-state index >= 15 is 0 Å². The molecular formula is C20H22N2O2. The SMILES string of the molecule is CCc1ccc(N2C(=O)N[C@@H]3C[C@]2(C)Oc2ccc(C)cc23)cc1. The molecule has 2 aliphatic heterocycles. The molecule has 4 rings (SSSR count). The lowest BCUT2D eigenvalue weighted by molar-refractivity contribution is 0.0378. The average Bonchev–Trinajstić information content (AvgIpc) is 2.55. The Hall–Kier alpha value is -2.49. The smallest absolute Gasteiger partial charge is 0.325 e. The second-order valence-corrected chi connectivity index (χ2v) is 6.88. The van der Waals surface area contributed by atoms with Crippen molar-refractivity contribution < 1.29 is 9.53 Å². The lowest BCUT2D eigenvalue weighted by atomic mass is 9.89. The van der Waals surface area contributed by atoms with Gasteiger partial charge in [-0.1, -0.05) is 36.8 Å². The normalized spacial score (nSPS) is 24.9. The van der Waals surface area contributed by atoms with E-state index in [0.717, 1.165) is 29.8 Å². The van der Waals surface area contributed by atoms with Crippen LogP contribution >= 0.6 is 0 Å². The maximum absolute atomic E-state index is 12.8. The molecule has 0 radical (unpaired) electrons. The minimum atomic E-state index is -0.678. The van der Waals surface area contributed by atoms with Crippen LogP contribution in [0, 0.1) is 6.92 Å². The quantitative estimate of drug-likeness (QED) is 0.894. The van der Waals surface area contributed by atoms with Crippen LogP contribution in [0.15, 0.2) is 42.5 Å². The number of nitrogens with one attached hydrogen (secondary N) is 1. The van der Waals surface area contributed by atoms with Gasteiger partial charge in [-0.3, -0.25) is 4.90 Å². The van der Waals surface area contributed by atoms with Crippen LogP contribution in [0.5, 0.6) is 5.75 Å². The van der Waals surface area contributed by atoms with Crippen LogP contribution in [0.3, 0.4) is 0 Å². The molecule has 0 unspecified atom stereocenters. The van der Waals surface area contributed by atoms with Gasteiger partial charge in [0.05, 0.1) is 6.04 Å². The third kappa shape index (κ3) is 2.25. The van der Waals surface area contributed by atoms with E-state index in [2.05, 4.69) is 37.4 Å². The van der Waals surface area contributed by atoms with Gasteiger partial charge in [0.1, 0.15) is 5.75 Å². The summed E-state index contributed by atoms with van der Waals surface area (Å²) in [6.07, 6.45) is 1.71. The second kappa shape index (κ2) is 5.26. The summed E-state index contributed by atoms with van der Waals surface area (Å²) in [6, 6.07) is 14.2. The largest absolute Gasteiger partial charge is 0.467 e. The van der Waals surface area contributed by atoms with Gasteiger partial charge in [-0.25, -0.2) is 4.79 Å². The maximum atomic E-state index is 12.8. The topological polar surface area (TPSA) is 41.6 Å². The summed E-state index contributed by atoms with van der Waals surface area (Å²) in [5, 5.41) is 3.14. The molecule has 1 fully saturated rings. The summed E-state index contributed by atoms with van der Waals surface area (Å²) < 4.78 is 6.30. The molecule has 24 heavy (non-hydrogen) atoms. The summed E-state index contributed by atoms with van der Waals surface area (Å²) in [5.41, 5.74) is 3.68. The van der Waals surface area contributed by atoms with E-state index < -0.39 is 5.72 Å². The molecule has 4 heteroatoms. The highest BCUT2D eigenvalue weighted by atomic mass is 16.5. The van der Waals surface area contributed by atoms with Gasteiger partial charge in [0.25, 0.3) is 0 Å². The molecule has 4 nitrogen and oxygen atoms in total. The summed E-state index contributed by atoms with van der Waals surface area (Å²) in [4.78, 5) is 14.5. The molecule has 2 heterocycles. The Labute approximate surface area is 142 Å². The minimum absolute atomic E-state index is 0.00249. The molecule has 0 saturated carbocycles. The third-order valence-electron chi connectivity index (χ3n) is 5.03. The van der Waals surface area contributed by atoms with Gasteiger partial charge in [-0.05, 0) is 44.0 Å². The summed E-state index contributed by atoms with van der Waals surface area (Å²) in [6.45, 7) is 6.17. The molecule has 2 bridgehead atoms. The first-order chi connectivity index (χ1) is 11.5. The molecule has 0 aliphatic carbocycles. The Morgan fingerprint density at radius 3 is 2.71 bits per heavy atom. The van der Waals surface area contributed by atoms with Gasteiger partial charge >= 0.3 is 6.03 Å². The molecule has 0 spiro atoms. The van der Waals surface area contributed by atoms with Crippen LogP contribution in [0.4, 0.5) is 10.5 Å². The number of benzene rings is 2. The number of aryl methyl sites for hydroxylation is 2. The summed E-state index contributed by atoms with van der Waals surface area (Å²) in [5.74, 6) is 0.856. The van der Waals surface area contributed by atoms with Crippen molar-refractivity contribution in [3.05, 3.63) is 59.2 Å². The molecule has 2 aromatic rings. The van der Waals surface area contributed by atoms with Gasteiger partial charge in [0.2, 0.25) is 0 Å². The van der Waals surface area contributed by atoms with E-state index in [1.807, 2.05) is 31.2 Å². The molecular weight excluding hydrogens is 300 g/mol. The number of fused-ring (bicyclic) bond motifs is 4. The van der Waals surface area contributed by atoms with Crippen molar-refractivity contribution in [3.8, 4) is 5.75 Å². The first-order valence-corrected chi connectivity index (χ1v) is 8.49. The highest BCUT2D eigenvalue weighted by molar-refractivity contribution is 5.94. The van der Waals surface area contributed by atoms with Crippen molar-refractivity contribution in [1.82, 2.24) is 5.32 Å². The van der Waals surface area contributed by atoms with Crippen LogP contribution < -0.4 is 15.0 Å². The fourth-order valence-corrected chi connectivity index (χ4v) is 3.77. The zero-order valence-electron chi connectivity index (χ0n) is 14.3. The van der Waals surface area contributed by atoms with Gasteiger partial charge in [0.15, 0.2) is 5.72 Å². The van der Waals surface area contributed by atoms with Gasteiger partial charge in [-0.2, -0.15) is 0 Å². The molecule has 1 N–H and O–H groups in total. The number of rotatable bonds is 2. The predicted molar refractivity (Wildman–Crippen MR) is 94.4 cm³/mol. The van der Waals surface area contributed by atoms with E-state index in [9.17, 15) is 4.79 Å². The molecule has 2 atom stereocenters. The number of anilines is 1.